The van der Waals surface area contributed by atoms with Crippen LogP contribution in [0.1, 0.15) is 29.5 Å². The van der Waals surface area contributed by atoms with Crippen LogP contribution in [0.15, 0.2) is 36.5 Å². The first-order valence-electron chi connectivity index (χ1n) is 6.53. The molecule has 3 aromatic rings. The lowest BCUT2D eigenvalue weighted by molar-refractivity contribution is 0.721. The molecule has 3 rings (SSSR count). The van der Waals surface area contributed by atoms with Crippen molar-refractivity contribution in [3.63, 3.8) is 0 Å². The van der Waals surface area contributed by atoms with Gasteiger partial charge < -0.3 is 4.57 Å². The lowest BCUT2D eigenvalue weighted by atomic mass is 10.3. The van der Waals surface area contributed by atoms with Gasteiger partial charge >= 0.3 is 0 Å². The first-order valence-corrected chi connectivity index (χ1v) is 6.96. The van der Waals surface area contributed by atoms with E-state index in [9.17, 15) is 0 Å². The third kappa shape index (κ3) is 2.39. The summed E-state index contributed by atoms with van der Waals surface area (Å²) in [5, 5.41) is -0.173. The predicted molar refractivity (Wildman–Crippen MR) is 79.9 cm³/mol. The third-order valence-electron chi connectivity index (χ3n) is 3.16. The molecular weight excluding hydrogens is 272 g/mol. The van der Waals surface area contributed by atoms with Gasteiger partial charge in [0.1, 0.15) is 11.3 Å². The number of aryl methyl sites for hydroxylation is 1. The van der Waals surface area contributed by atoms with Gasteiger partial charge in [0.25, 0.3) is 0 Å². The molecule has 4 nitrogen and oxygen atoms in total. The van der Waals surface area contributed by atoms with Crippen molar-refractivity contribution in [2.45, 2.75) is 25.8 Å². The Morgan fingerprint density at radius 3 is 2.75 bits per heavy atom. The zero-order valence-corrected chi connectivity index (χ0v) is 12.2. The molecule has 3 aromatic heterocycles. The van der Waals surface area contributed by atoms with Crippen molar-refractivity contribution in [1.29, 1.82) is 0 Å². The maximum atomic E-state index is 6.25. The normalized spacial score (nSPS) is 12.8. The summed E-state index contributed by atoms with van der Waals surface area (Å²) < 4.78 is 2.04. The molecule has 0 bridgehead atoms. The molecule has 0 spiro atoms. The smallest absolute Gasteiger partial charge is 0.160 e. The maximum absolute atomic E-state index is 6.25. The molecule has 0 radical (unpaired) electrons. The third-order valence-corrected chi connectivity index (χ3v) is 3.36. The summed E-state index contributed by atoms with van der Waals surface area (Å²) in [7, 11) is 0. The highest BCUT2D eigenvalue weighted by Gasteiger charge is 2.16. The number of halogens is 1. The van der Waals surface area contributed by atoms with E-state index in [2.05, 4.69) is 15.0 Å². The van der Waals surface area contributed by atoms with Crippen LogP contribution in [0, 0.1) is 6.92 Å². The van der Waals surface area contributed by atoms with Gasteiger partial charge in [-0.2, -0.15) is 0 Å². The lowest BCUT2D eigenvalue weighted by Gasteiger charge is -2.09. The van der Waals surface area contributed by atoms with Crippen LogP contribution in [0.5, 0.6) is 0 Å². The topological polar surface area (TPSA) is 43.6 Å². The van der Waals surface area contributed by atoms with Crippen LogP contribution in [-0.2, 0) is 6.54 Å². The van der Waals surface area contributed by atoms with E-state index in [4.69, 9.17) is 11.6 Å². The highest BCUT2D eigenvalue weighted by molar-refractivity contribution is 6.20. The summed E-state index contributed by atoms with van der Waals surface area (Å²) in [4.78, 5) is 13.5. The standard InChI is InChI=1S/C15H15ClN4/c1-10-6-7-13-15(18-10)20(14(19-13)11(2)16)9-12-5-3-4-8-17-12/h3-8,11H,9H2,1-2H3. The van der Waals surface area contributed by atoms with Gasteiger partial charge in [-0.3, -0.25) is 4.98 Å². The number of imidazole rings is 1. The second kappa shape index (κ2) is 5.21. The van der Waals surface area contributed by atoms with E-state index in [0.29, 0.717) is 6.54 Å². The molecule has 1 unspecified atom stereocenters. The Bertz CT molecular complexity index is 734. The first kappa shape index (κ1) is 13.1. The summed E-state index contributed by atoms with van der Waals surface area (Å²) >= 11 is 6.25. The fourth-order valence-corrected chi connectivity index (χ4v) is 2.39. The number of pyridine rings is 2. The van der Waals surface area contributed by atoms with Crippen molar-refractivity contribution in [1.82, 2.24) is 19.5 Å². The molecular formula is C15H15ClN4. The Morgan fingerprint density at radius 2 is 2.05 bits per heavy atom. The van der Waals surface area contributed by atoms with Gasteiger partial charge in [-0.25, -0.2) is 9.97 Å². The van der Waals surface area contributed by atoms with Gasteiger partial charge in [-0.1, -0.05) is 6.07 Å². The molecule has 0 aliphatic rings. The molecule has 0 aliphatic heterocycles. The minimum absolute atomic E-state index is 0.173. The second-order valence-electron chi connectivity index (χ2n) is 4.79. The number of alkyl halides is 1. The van der Waals surface area contributed by atoms with Gasteiger partial charge in [0, 0.05) is 11.9 Å². The predicted octanol–water partition coefficient (Wildman–Crippen LogP) is 3.48. The van der Waals surface area contributed by atoms with Crippen LogP contribution in [0.4, 0.5) is 0 Å². The summed E-state index contributed by atoms with van der Waals surface area (Å²) in [6.07, 6.45) is 1.79. The summed E-state index contributed by atoms with van der Waals surface area (Å²) in [5.41, 5.74) is 3.66. The number of rotatable bonds is 3. The van der Waals surface area contributed by atoms with Gasteiger partial charge in [0.2, 0.25) is 0 Å². The fourth-order valence-electron chi connectivity index (χ4n) is 2.23. The number of nitrogens with zero attached hydrogens (tertiary/aromatic N) is 4. The van der Waals surface area contributed by atoms with Crippen molar-refractivity contribution in [2.75, 3.05) is 0 Å². The molecule has 0 amide bonds. The summed E-state index contributed by atoms with van der Waals surface area (Å²) in [6.45, 7) is 4.52. The van der Waals surface area contributed by atoms with Gasteiger partial charge in [0.05, 0.1) is 17.6 Å². The summed E-state index contributed by atoms with van der Waals surface area (Å²) in [5.74, 6) is 0.824. The molecule has 0 saturated heterocycles. The second-order valence-corrected chi connectivity index (χ2v) is 5.44. The molecule has 20 heavy (non-hydrogen) atoms. The maximum Gasteiger partial charge on any atom is 0.160 e. The molecule has 0 aromatic carbocycles. The van der Waals surface area contributed by atoms with Crippen molar-refractivity contribution in [2.24, 2.45) is 0 Å². The number of fused-ring (bicyclic) bond motifs is 1. The van der Waals surface area contributed by atoms with Crippen LogP contribution >= 0.6 is 11.6 Å². The Balaban J connectivity index is 2.15. The minimum atomic E-state index is -0.173. The zero-order valence-electron chi connectivity index (χ0n) is 11.4. The van der Waals surface area contributed by atoms with E-state index < -0.39 is 0 Å². The molecule has 0 aliphatic carbocycles. The Kier molecular flexibility index (Phi) is 3.40. The van der Waals surface area contributed by atoms with Crippen LogP contribution in [0.2, 0.25) is 0 Å². The Morgan fingerprint density at radius 1 is 1.20 bits per heavy atom. The van der Waals surface area contributed by atoms with E-state index >= 15 is 0 Å². The van der Waals surface area contributed by atoms with Crippen molar-refractivity contribution < 1.29 is 0 Å². The first-order chi connectivity index (χ1) is 9.65. The number of hydrogen-bond donors (Lipinski definition) is 0. The van der Waals surface area contributed by atoms with E-state index in [0.717, 1.165) is 28.4 Å². The van der Waals surface area contributed by atoms with E-state index in [1.807, 2.05) is 48.7 Å². The quantitative estimate of drug-likeness (QED) is 0.692. The monoisotopic (exact) mass is 286 g/mol. The van der Waals surface area contributed by atoms with Crippen molar-refractivity contribution in [3.05, 3.63) is 53.7 Å². The summed E-state index contributed by atoms with van der Waals surface area (Å²) in [6, 6.07) is 9.82. The molecule has 3 heterocycles. The van der Waals surface area contributed by atoms with Gasteiger partial charge in [0.15, 0.2) is 5.65 Å². The van der Waals surface area contributed by atoms with Crippen LogP contribution in [0.25, 0.3) is 11.2 Å². The molecule has 102 valence electrons. The van der Waals surface area contributed by atoms with Crippen molar-refractivity contribution >= 4 is 22.8 Å². The van der Waals surface area contributed by atoms with Gasteiger partial charge in [-0.15, -0.1) is 11.6 Å². The highest BCUT2D eigenvalue weighted by atomic mass is 35.5. The van der Waals surface area contributed by atoms with E-state index in [-0.39, 0.29) is 5.38 Å². The SMILES string of the molecule is Cc1ccc2nc(C(C)Cl)n(Cc3ccccn3)c2n1. The molecule has 0 fully saturated rings. The average molecular weight is 287 g/mol. The Labute approximate surface area is 122 Å². The molecule has 0 saturated carbocycles. The van der Waals surface area contributed by atoms with Crippen LogP contribution in [0.3, 0.4) is 0 Å². The molecule has 0 N–H and O–H groups in total. The van der Waals surface area contributed by atoms with Crippen molar-refractivity contribution in [3.8, 4) is 0 Å². The van der Waals surface area contributed by atoms with E-state index in [1.54, 1.807) is 6.20 Å². The average Bonchev–Trinajstić information content (AvgIpc) is 2.78. The molecule has 5 heteroatoms. The fraction of sp³-hybridized carbons (Fsp3) is 0.267. The number of hydrogen-bond acceptors (Lipinski definition) is 3. The minimum Gasteiger partial charge on any atom is -0.305 e. The Hall–Kier alpha value is -1.94. The van der Waals surface area contributed by atoms with Crippen LogP contribution in [-0.4, -0.2) is 19.5 Å². The van der Waals surface area contributed by atoms with E-state index in [1.165, 1.54) is 0 Å². The zero-order chi connectivity index (χ0) is 14.1. The largest absolute Gasteiger partial charge is 0.305 e. The lowest BCUT2D eigenvalue weighted by Crippen LogP contribution is -2.07. The van der Waals surface area contributed by atoms with Gasteiger partial charge in [-0.05, 0) is 38.1 Å². The van der Waals surface area contributed by atoms with Crippen LogP contribution < -0.4 is 0 Å². The highest BCUT2D eigenvalue weighted by Crippen LogP contribution is 2.24. The number of aromatic nitrogens is 4. The molecule has 1 atom stereocenters.